The summed E-state index contributed by atoms with van der Waals surface area (Å²) in [5.41, 5.74) is 9.84. The molecule has 0 unspecified atom stereocenters. The number of H-pyrrole nitrogens is 1. The molecule has 0 saturated carbocycles. The van der Waals surface area contributed by atoms with Crippen molar-refractivity contribution in [1.29, 1.82) is 0 Å². The second kappa shape index (κ2) is 11.2. The van der Waals surface area contributed by atoms with Gasteiger partial charge in [-0.1, -0.05) is 11.6 Å². The van der Waals surface area contributed by atoms with Gasteiger partial charge in [0.25, 0.3) is 11.8 Å². The molecule has 2 aliphatic heterocycles. The number of methoxy groups -OCH3 is 1. The third kappa shape index (κ3) is 5.12. The summed E-state index contributed by atoms with van der Waals surface area (Å²) in [7, 11) is 1.59. The Kier molecular flexibility index (Phi) is 7.74. The molecule has 0 radical (unpaired) electrons. The zero-order chi connectivity index (χ0) is 28.6. The van der Waals surface area contributed by atoms with Gasteiger partial charge in [0.2, 0.25) is 5.95 Å². The first-order valence-corrected chi connectivity index (χ1v) is 13.3. The lowest BCUT2D eigenvalue weighted by molar-refractivity contribution is -0.113. The number of aliphatic hydroxyl groups excluding tert-OH is 1. The van der Waals surface area contributed by atoms with Crippen LogP contribution in [0, 0.1) is 13.8 Å². The summed E-state index contributed by atoms with van der Waals surface area (Å²) >= 11 is 6.48. The third-order valence-electron chi connectivity index (χ3n) is 7.24. The zero-order valence-corrected chi connectivity index (χ0v) is 23.3. The van der Waals surface area contributed by atoms with Gasteiger partial charge in [0, 0.05) is 55.7 Å². The molecule has 3 aromatic rings. The van der Waals surface area contributed by atoms with Crippen molar-refractivity contribution in [3.05, 3.63) is 57.3 Å². The van der Waals surface area contributed by atoms with Crippen LogP contribution in [0.3, 0.4) is 0 Å². The molecule has 0 aromatic carbocycles. The van der Waals surface area contributed by atoms with Gasteiger partial charge in [0.05, 0.1) is 37.1 Å². The highest BCUT2D eigenvalue weighted by atomic mass is 35.5. The second-order valence-corrected chi connectivity index (χ2v) is 10.1. The maximum Gasteiger partial charge on any atom is 0.270 e. The van der Waals surface area contributed by atoms with Crippen LogP contribution >= 0.6 is 11.6 Å². The Labute approximate surface area is 236 Å². The Balaban J connectivity index is 1.43. The van der Waals surface area contributed by atoms with Gasteiger partial charge in [-0.25, -0.2) is 4.98 Å². The maximum absolute atomic E-state index is 13.8. The number of aromatic amines is 1. The van der Waals surface area contributed by atoms with Gasteiger partial charge in [-0.05, 0) is 32.1 Å². The molecule has 2 amide bonds. The minimum Gasteiger partial charge on any atom is -0.496 e. The lowest BCUT2D eigenvalue weighted by Gasteiger charge is -2.34. The molecule has 13 heteroatoms. The van der Waals surface area contributed by atoms with E-state index in [-0.39, 0.29) is 47.5 Å². The fourth-order valence-electron chi connectivity index (χ4n) is 5.14. The zero-order valence-electron chi connectivity index (χ0n) is 22.6. The van der Waals surface area contributed by atoms with Gasteiger partial charge in [-0.15, -0.1) is 0 Å². The van der Waals surface area contributed by atoms with Crippen LogP contribution in [0.1, 0.15) is 38.6 Å². The molecule has 0 atom stereocenters. The summed E-state index contributed by atoms with van der Waals surface area (Å²) in [4.78, 5) is 48.3. The number of halogens is 1. The fourth-order valence-corrected chi connectivity index (χ4v) is 5.41. The molecule has 0 spiro atoms. The molecule has 12 nitrogen and oxygen atoms in total. The van der Waals surface area contributed by atoms with Crippen molar-refractivity contribution >= 4 is 46.8 Å². The lowest BCUT2D eigenvalue weighted by atomic mass is 10.1. The number of fused-ring (bicyclic) bond motifs is 1. The van der Waals surface area contributed by atoms with Gasteiger partial charge in [0.1, 0.15) is 16.6 Å². The van der Waals surface area contributed by atoms with Crippen molar-refractivity contribution in [1.82, 2.24) is 29.7 Å². The van der Waals surface area contributed by atoms with E-state index in [0.717, 1.165) is 11.1 Å². The normalized spacial score (nSPS) is 16.6. The van der Waals surface area contributed by atoms with E-state index in [1.165, 1.54) is 4.90 Å². The molecule has 40 heavy (non-hydrogen) atoms. The van der Waals surface area contributed by atoms with Crippen LogP contribution in [0.25, 0.3) is 11.6 Å². The molecule has 1 fully saturated rings. The summed E-state index contributed by atoms with van der Waals surface area (Å²) in [6, 6.07) is 3.43. The number of carbonyl (C=O) groups is 2. The van der Waals surface area contributed by atoms with Crippen LogP contribution in [0.15, 0.2) is 18.3 Å². The molecule has 210 valence electrons. The largest absolute Gasteiger partial charge is 0.496 e. The Morgan fingerprint density at radius 1 is 1.23 bits per heavy atom. The molecule has 5 heterocycles. The average molecular weight is 567 g/mol. The number of rotatable bonds is 7. The highest BCUT2D eigenvalue weighted by Gasteiger charge is 2.37. The number of carbonyl (C=O) groups excluding carboxylic acids is 2. The number of aliphatic hydroxyl groups is 1. The number of amides is 2. The molecule has 0 bridgehead atoms. The van der Waals surface area contributed by atoms with Gasteiger partial charge in [0.15, 0.2) is 5.82 Å². The number of nitrogens with zero attached hydrogens (tertiary/aromatic N) is 6. The number of aryl methyl sites for hydroxylation is 1. The van der Waals surface area contributed by atoms with E-state index in [1.807, 2.05) is 13.8 Å². The van der Waals surface area contributed by atoms with Gasteiger partial charge in [-0.2, -0.15) is 4.98 Å². The quantitative estimate of drug-likeness (QED) is 0.287. The summed E-state index contributed by atoms with van der Waals surface area (Å²) in [5.74, 6) is 0.460. The minimum atomic E-state index is -0.347. The molecule has 0 aliphatic carbocycles. The van der Waals surface area contributed by atoms with Crippen molar-refractivity contribution in [2.24, 2.45) is 0 Å². The van der Waals surface area contributed by atoms with Crippen molar-refractivity contribution in [3.63, 3.8) is 0 Å². The monoisotopic (exact) mass is 566 g/mol. The highest BCUT2D eigenvalue weighted by Crippen LogP contribution is 2.41. The van der Waals surface area contributed by atoms with Crippen molar-refractivity contribution in [2.45, 2.75) is 20.4 Å². The molecule has 3 aromatic heterocycles. The maximum atomic E-state index is 13.8. The van der Waals surface area contributed by atoms with Crippen molar-refractivity contribution in [3.8, 4) is 5.75 Å². The van der Waals surface area contributed by atoms with E-state index in [2.05, 4.69) is 24.8 Å². The van der Waals surface area contributed by atoms with Gasteiger partial charge < -0.3 is 25.5 Å². The van der Waals surface area contributed by atoms with Gasteiger partial charge >= 0.3 is 0 Å². The summed E-state index contributed by atoms with van der Waals surface area (Å²) in [6.45, 7) is 7.15. The first kappa shape index (κ1) is 27.6. The van der Waals surface area contributed by atoms with Crippen LogP contribution in [0.2, 0.25) is 5.15 Å². The lowest BCUT2D eigenvalue weighted by Crippen LogP contribution is -2.49. The SMILES string of the molecule is COc1c(C)cnc(CN2C(=O)/C(=C/c3ccc(C(=O)N4CCN(CCO)CC4)[nH]3)c3c(Cl)nc(N)nc32)c1C. The van der Waals surface area contributed by atoms with Crippen molar-refractivity contribution < 1.29 is 19.4 Å². The number of anilines is 2. The van der Waals surface area contributed by atoms with E-state index in [0.29, 0.717) is 61.1 Å². The van der Waals surface area contributed by atoms with E-state index < -0.39 is 0 Å². The average Bonchev–Trinajstić information content (AvgIpc) is 3.49. The van der Waals surface area contributed by atoms with Gasteiger partial charge in [-0.3, -0.25) is 24.4 Å². The Bertz CT molecular complexity index is 1500. The van der Waals surface area contributed by atoms with E-state index in [1.54, 1.807) is 36.4 Å². The van der Waals surface area contributed by atoms with Crippen LogP contribution in [0.4, 0.5) is 11.8 Å². The number of nitrogens with one attached hydrogen (secondary N) is 1. The molecule has 5 rings (SSSR count). The number of hydrogen-bond acceptors (Lipinski definition) is 9. The first-order chi connectivity index (χ1) is 19.2. The number of nitrogens with two attached hydrogens (primary N) is 1. The molecular weight excluding hydrogens is 536 g/mol. The first-order valence-electron chi connectivity index (χ1n) is 12.9. The topological polar surface area (TPSA) is 154 Å². The Hall–Kier alpha value is -4.00. The molecular formula is C27H31ClN8O4. The molecule has 2 aliphatic rings. The standard InChI is InChI=1S/C27H31ClN8O4/c1-15-13-30-20(16(2)22(15)40-3)14-36-24-21(23(28)32-27(29)33-24)18(25(36)38)12-17-4-5-19(31-17)26(39)35-8-6-34(7-9-35)10-11-37/h4-5,12-13,31,37H,6-11,14H2,1-3H3,(H2,29,32,33)/b18-12+. The van der Waals surface area contributed by atoms with Crippen LogP contribution in [-0.2, 0) is 11.3 Å². The number of hydrogen-bond donors (Lipinski definition) is 3. The number of aromatic nitrogens is 4. The Morgan fingerprint density at radius 3 is 2.67 bits per heavy atom. The van der Waals surface area contributed by atoms with Crippen LogP contribution in [-0.4, -0.2) is 93.1 Å². The highest BCUT2D eigenvalue weighted by molar-refractivity contribution is 6.41. The summed E-state index contributed by atoms with van der Waals surface area (Å²) in [5, 5.41) is 9.20. The van der Waals surface area contributed by atoms with E-state index >= 15 is 0 Å². The number of nitrogen functional groups attached to an aromatic ring is 1. The van der Waals surface area contributed by atoms with Crippen LogP contribution < -0.4 is 15.4 Å². The number of β-amino-alcohol motifs (C(OH)–C–C–N with tert-alkyl or cyclic N) is 1. The van der Waals surface area contributed by atoms with Crippen molar-refractivity contribution in [2.75, 3.05) is 57.1 Å². The third-order valence-corrected chi connectivity index (χ3v) is 7.51. The Morgan fingerprint density at radius 2 is 1.98 bits per heavy atom. The number of pyridine rings is 1. The molecule has 4 N–H and O–H groups in total. The fraction of sp³-hybridized carbons (Fsp3) is 0.370. The predicted octanol–water partition coefficient (Wildman–Crippen LogP) is 1.90. The summed E-state index contributed by atoms with van der Waals surface area (Å²) in [6.07, 6.45) is 3.34. The smallest absolute Gasteiger partial charge is 0.270 e. The summed E-state index contributed by atoms with van der Waals surface area (Å²) < 4.78 is 5.53. The van der Waals surface area contributed by atoms with E-state index in [9.17, 15) is 9.59 Å². The second-order valence-electron chi connectivity index (χ2n) is 9.75. The number of ether oxygens (including phenoxy) is 1. The number of piperazine rings is 1. The molecule has 1 saturated heterocycles. The van der Waals surface area contributed by atoms with E-state index in [4.69, 9.17) is 27.2 Å². The minimum absolute atomic E-state index is 0.0548. The van der Waals surface area contributed by atoms with Crippen LogP contribution in [0.5, 0.6) is 5.75 Å². The predicted molar refractivity (Wildman–Crippen MR) is 151 cm³/mol.